The minimum absolute atomic E-state index is 0.130. The Morgan fingerprint density at radius 3 is 1.37 bits per heavy atom. The first kappa shape index (κ1) is 33.1. The summed E-state index contributed by atoms with van der Waals surface area (Å²) in [5, 5.41) is 32.0. The van der Waals surface area contributed by atoms with E-state index in [-0.39, 0.29) is 25.8 Å². The zero-order chi connectivity index (χ0) is 26.7. The number of carbonyl (C=O) groups excluding carboxylic acids is 1. The van der Waals surface area contributed by atoms with Crippen molar-refractivity contribution in [1.29, 1.82) is 0 Å². The normalized spacial score (nSPS) is 16.0. The summed E-state index contributed by atoms with van der Waals surface area (Å²) in [6.45, 7) is 7.31. The highest BCUT2D eigenvalue weighted by atomic mass is 16.4. The number of rotatable bonds is 23. The Morgan fingerprint density at radius 1 is 0.686 bits per heavy atom. The predicted octanol–water partition coefficient (Wildman–Crippen LogP) is 5.32. The number of unbranched alkanes of at least 4 members (excludes halogenated alkanes) is 11. The van der Waals surface area contributed by atoms with Crippen molar-refractivity contribution in [3.05, 3.63) is 12.2 Å². The minimum Gasteiger partial charge on any atom is -0.544 e. The highest BCUT2D eigenvalue weighted by molar-refractivity contribution is 5.77. The molecule has 0 bridgehead atoms. The van der Waals surface area contributed by atoms with Crippen molar-refractivity contribution in [1.82, 2.24) is 0 Å². The molecule has 0 aromatic heterocycles. The third-order valence-corrected chi connectivity index (χ3v) is 7.40. The monoisotopic (exact) mass is 497 g/mol. The minimum atomic E-state index is -1.37. The maximum absolute atomic E-state index is 12.2. The molecule has 0 saturated heterocycles. The van der Waals surface area contributed by atoms with E-state index in [1.54, 1.807) is 20.8 Å². The summed E-state index contributed by atoms with van der Waals surface area (Å²) in [6.07, 6.45) is 18.2. The zero-order valence-corrected chi connectivity index (χ0v) is 22.7. The number of hydrogen-bond donors (Lipinski definition) is 2. The molecule has 0 fully saturated rings. The van der Waals surface area contributed by atoms with Crippen LogP contribution in [-0.2, 0) is 14.4 Å². The molecule has 0 aliphatic rings. The summed E-state index contributed by atoms with van der Waals surface area (Å²) in [6, 6.07) is -3.37. The molecule has 0 spiro atoms. The third kappa shape index (κ3) is 11.1. The Balaban J connectivity index is 4.92. The molecule has 35 heavy (non-hydrogen) atoms. The lowest BCUT2D eigenvalue weighted by Crippen LogP contribution is -2.73. The van der Waals surface area contributed by atoms with Gasteiger partial charge in [-0.15, -0.1) is 0 Å². The molecule has 0 rings (SSSR count). The number of hydrogen-bond acceptors (Lipinski definition) is 4. The fourth-order valence-electron chi connectivity index (χ4n) is 5.67. The van der Waals surface area contributed by atoms with Crippen LogP contribution in [0, 0.1) is 0 Å². The molecule has 0 saturated carbocycles. The molecule has 7 nitrogen and oxygen atoms in total. The molecule has 0 aliphatic carbocycles. The second kappa shape index (κ2) is 19.3. The molecule has 204 valence electrons. The van der Waals surface area contributed by atoms with Crippen LogP contribution < -0.4 is 5.11 Å². The quantitative estimate of drug-likeness (QED) is 0.112. The van der Waals surface area contributed by atoms with Crippen molar-refractivity contribution in [2.24, 2.45) is 0 Å². The van der Waals surface area contributed by atoms with Gasteiger partial charge in [0.2, 0.25) is 0 Å². The summed E-state index contributed by atoms with van der Waals surface area (Å²) in [5.41, 5.74) is 0. The van der Waals surface area contributed by atoms with E-state index in [4.69, 9.17) is 0 Å². The van der Waals surface area contributed by atoms with Crippen LogP contribution in [0.2, 0.25) is 0 Å². The lowest BCUT2D eigenvalue weighted by molar-refractivity contribution is -0.974. The number of aliphatic carboxylic acids is 3. The molecule has 2 N–H and O–H groups in total. The number of quaternary nitrogens is 1. The second-order valence-electron chi connectivity index (χ2n) is 9.73. The van der Waals surface area contributed by atoms with Crippen molar-refractivity contribution in [3.63, 3.8) is 0 Å². The van der Waals surface area contributed by atoms with Gasteiger partial charge in [0.15, 0.2) is 12.1 Å². The summed E-state index contributed by atoms with van der Waals surface area (Å²) in [4.78, 5) is 36.5. The van der Waals surface area contributed by atoms with Crippen LogP contribution >= 0.6 is 0 Å². The average Bonchev–Trinajstić information content (AvgIpc) is 2.79. The molecular formula is C28H51NO6. The average molecular weight is 498 g/mol. The number of carboxylic acids is 3. The summed E-state index contributed by atoms with van der Waals surface area (Å²) < 4.78 is -0.468. The van der Waals surface area contributed by atoms with Gasteiger partial charge in [-0.25, -0.2) is 9.59 Å². The van der Waals surface area contributed by atoms with Crippen molar-refractivity contribution in [3.8, 4) is 0 Å². The van der Waals surface area contributed by atoms with Crippen LogP contribution in [0.5, 0.6) is 0 Å². The van der Waals surface area contributed by atoms with Gasteiger partial charge in [-0.3, -0.25) is 4.48 Å². The molecular weight excluding hydrogens is 446 g/mol. The lowest BCUT2D eigenvalue weighted by atomic mass is 9.93. The lowest BCUT2D eigenvalue weighted by Gasteiger charge is -2.51. The maximum atomic E-state index is 12.2. The van der Waals surface area contributed by atoms with Crippen molar-refractivity contribution < 1.29 is 34.2 Å². The standard InChI is InChI=1S/C28H51NO6/c1-5-9-10-11-12-13-14-15-16-17-18-19-20-21-22-29(23(6-2)26(30)31,24(7-3)27(32)33)25(8-4)28(34)35/h5,9,23-25H,6-8,10-22H2,1-4H3,(H2-,30,31,32,33,34,35)/b9-5+. The van der Waals surface area contributed by atoms with E-state index in [0.29, 0.717) is 6.42 Å². The number of carboxylic acid groups (broad SMARTS) is 3. The van der Waals surface area contributed by atoms with Gasteiger partial charge in [0.1, 0.15) is 6.04 Å². The SMILES string of the molecule is C/C=C/CCCCCCCCCCCCC[N+](C(CC)C(=O)[O-])(C(CC)C(=O)O)C(CC)C(=O)O. The van der Waals surface area contributed by atoms with E-state index in [9.17, 15) is 29.7 Å². The molecule has 7 heteroatoms. The highest BCUT2D eigenvalue weighted by Crippen LogP contribution is 2.32. The van der Waals surface area contributed by atoms with E-state index in [1.165, 1.54) is 44.9 Å². The van der Waals surface area contributed by atoms with Crippen LogP contribution in [-0.4, -0.2) is 57.3 Å². The number of carbonyl (C=O) groups is 3. The first-order chi connectivity index (χ1) is 16.7. The van der Waals surface area contributed by atoms with Gasteiger partial charge in [-0.1, -0.05) is 84.3 Å². The van der Waals surface area contributed by atoms with E-state index >= 15 is 0 Å². The summed E-state index contributed by atoms with van der Waals surface area (Å²) >= 11 is 0. The fraction of sp³-hybridized carbons (Fsp3) is 0.821. The van der Waals surface area contributed by atoms with Gasteiger partial charge >= 0.3 is 11.9 Å². The van der Waals surface area contributed by atoms with E-state index < -0.39 is 40.5 Å². The highest BCUT2D eigenvalue weighted by Gasteiger charge is 2.53. The van der Waals surface area contributed by atoms with Crippen LogP contribution in [0.25, 0.3) is 0 Å². The Labute approximate surface area is 213 Å². The third-order valence-electron chi connectivity index (χ3n) is 7.40. The molecule has 3 atom stereocenters. The Kier molecular flexibility index (Phi) is 18.3. The van der Waals surface area contributed by atoms with E-state index in [2.05, 4.69) is 19.1 Å². The largest absolute Gasteiger partial charge is 0.544 e. The Bertz CT molecular complexity index is 578. The second-order valence-corrected chi connectivity index (χ2v) is 9.73. The number of allylic oxidation sites excluding steroid dienone is 2. The molecule has 0 amide bonds. The summed E-state index contributed by atoms with van der Waals surface area (Å²) in [7, 11) is 0. The van der Waals surface area contributed by atoms with Gasteiger partial charge in [0.25, 0.3) is 0 Å². The zero-order valence-electron chi connectivity index (χ0n) is 22.7. The Morgan fingerprint density at radius 2 is 1.06 bits per heavy atom. The molecule has 0 aromatic rings. The van der Waals surface area contributed by atoms with Crippen molar-refractivity contribution in [2.75, 3.05) is 6.54 Å². The van der Waals surface area contributed by atoms with Crippen LogP contribution in [0.3, 0.4) is 0 Å². The fourth-order valence-corrected chi connectivity index (χ4v) is 5.67. The van der Waals surface area contributed by atoms with Gasteiger partial charge in [-0.05, 0) is 32.6 Å². The van der Waals surface area contributed by atoms with Crippen molar-refractivity contribution in [2.45, 2.75) is 142 Å². The van der Waals surface area contributed by atoms with Gasteiger partial charge < -0.3 is 20.1 Å². The van der Waals surface area contributed by atoms with Gasteiger partial charge in [0.05, 0.1) is 12.5 Å². The van der Waals surface area contributed by atoms with Crippen LogP contribution in [0.15, 0.2) is 12.2 Å². The predicted molar refractivity (Wildman–Crippen MR) is 138 cm³/mol. The molecule has 3 unspecified atom stereocenters. The van der Waals surface area contributed by atoms with Crippen LogP contribution in [0.1, 0.15) is 124 Å². The summed E-state index contributed by atoms with van der Waals surface area (Å²) in [5.74, 6) is -3.66. The van der Waals surface area contributed by atoms with E-state index in [1.807, 2.05) is 0 Å². The van der Waals surface area contributed by atoms with Gasteiger partial charge in [-0.2, -0.15) is 0 Å². The smallest absolute Gasteiger partial charge is 0.362 e. The van der Waals surface area contributed by atoms with Crippen LogP contribution in [0.4, 0.5) is 0 Å². The Hall–Kier alpha value is -1.89. The molecule has 0 aromatic carbocycles. The molecule has 0 aliphatic heterocycles. The first-order valence-corrected chi connectivity index (χ1v) is 13.9. The van der Waals surface area contributed by atoms with Crippen molar-refractivity contribution >= 4 is 17.9 Å². The molecule has 0 heterocycles. The maximum Gasteiger partial charge on any atom is 0.362 e. The van der Waals surface area contributed by atoms with Gasteiger partial charge in [0, 0.05) is 19.3 Å². The first-order valence-electron chi connectivity index (χ1n) is 13.9. The topological polar surface area (TPSA) is 115 Å². The molecule has 0 radical (unpaired) electrons. The van der Waals surface area contributed by atoms with E-state index in [0.717, 1.165) is 25.7 Å². The number of nitrogens with zero attached hydrogens (tertiary/aromatic N) is 1.